The Kier molecular flexibility index (Phi) is 5.16. The number of carbonyl (C=O) groups is 1. The van der Waals surface area contributed by atoms with Gasteiger partial charge in [-0.1, -0.05) is 6.92 Å². The van der Waals surface area contributed by atoms with Crippen molar-refractivity contribution in [2.75, 3.05) is 42.2 Å². The maximum absolute atomic E-state index is 15.4. The summed E-state index contributed by atoms with van der Waals surface area (Å²) >= 11 is 0. The number of nitrogen functional groups attached to an aromatic ring is 1. The highest BCUT2D eigenvalue weighted by molar-refractivity contribution is 5.99. The number of aromatic nitrogens is 2. The van der Waals surface area contributed by atoms with Crippen molar-refractivity contribution in [1.29, 1.82) is 0 Å². The summed E-state index contributed by atoms with van der Waals surface area (Å²) in [6, 6.07) is 3.07. The van der Waals surface area contributed by atoms with Gasteiger partial charge in [0.05, 0.1) is 11.7 Å². The number of rotatable bonds is 3. The van der Waals surface area contributed by atoms with Crippen LogP contribution in [-0.4, -0.2) is 53.5 Å². The van der Waals surface area contributed by atoms with Gasteiger partial charge in [0, 0.05) is 42.0 Å². The Bertz CT molecular complexity index is 1270. The van der Waals surface area contributed by atoms with Crippen LogP contribution in [0.2, 0.25) is 0 Å². The van der Waals surface area contributed by atoms with Gasteiger partial charge in [0.25, 0.3) is 0 Å². The first-order valence-electron chi connectivity index (χ1n) is 10.8. The molecule has 2 atom stereocenters. The van der Waals surface area contributed by atoms with E-state index in [1.54, 1.807) is 18.3 Å². The molecule has 1 amide bonds. The average molecular weight is 452 g/mol. The van der Waals surface area contributed by atoms with E-state index in [4.69, 9.17) is 10.5 Å². The molecule has 5 rings (SSSR count). The van der Waals surface area contributed by atoms with E-state index in [1.807, 2.05) is 13.8 Å². The molecule has 0 saturated carbocycles. The molecule has 0 aliphatic carbocycles. The van der Waals surface area contributed by atoms with Crippen molar-refractivity contribution in [2.45, 2.75) is 19.9 Å². The monoisotopic (exact) mass is 452 g/mol. The Morgan fingerprint density at radius 3 is 2.82 bits per heavy atom. The normalized spacial score (nSPS) is 19.6. The Morgan fingerprint density at radius 1 is 1.27 bits per heavy atom. The number of amides is 1. The third-order valence-corrected chi connectivity index (χ3v) is 6.48. The molecule has 10 heteroatoms. The highest BCUT2D eigenvalue weighted by Crippen LogP contribution is 2.40. The minimum absolute atomic E-state index is 0.0411. The van der Waals surface area contributed by atoms with E-state index in [1.165, 1.54) is 11.1 Å². The first kappa shape index (κ1) is 21.2. The molecule has 5 N–H and O–H groups in total. The number of nitrogens with one attached hydrogen (secondary N) is 2. The van der Waals surface area contributed by atoms with Crippen molar-refractivity contribution < 1.29 is 19.0 Å². The van der Waals surface area contributed by atoms with Crippen molar-refractivity contribution in [3.63, 3.8) is 0 Å². The number of nitrogens with zero attached hydrogens (tertiary/aromatic N) is 3. The van der Waals surface area contributed by atoms with Crippen LogP contribution in [0.1, 0.15) is 12.5 Å². The van der Waals surface area contributed by atoms with Crippen LogP contribution in [0.4, 0.5) is 26.4 Å². The van der Waals surface area contributed by atoms with Crippen LogP contribution in [0.25, 0.3) is 21.9 Å². The van der Waals surface area contributed by atoms with Crippen LogP contribution in [0, 0.1) is 18.7 Å². The van der Waals surface area contributed by atoms with Gasteiger partial charge in [0.1, 0.15) is 18.1 Å². The number of nitrogens with two attached hydrogens (primary N) is 1. The fourth-order valence-electron chi connectivity index (χ4n) is 4.66. The Balaban J connectivity index is 1.65. The predicted octanol–water partition coefficient (Wildman–Crippen LogP) is 3.22. The van der Waals surface area contributed by atoms with Gasteiger partial charge >= 0.3 is 6.09 Å². The van der Waals surface area contributed by atoms with Crippen LogP contribution in [0.3, 0.4) is 0 Å². The van der Waals surface area contributed by atoms with Gasteiger partial charge in [-0.05, 0) is 42.5 Å². The molecule has 1 saturated heterocycles. The third-order valence-electron chi connectivity index (χ3n) is 6.48. The van der Waals surface area contributed by atoms with Crippen molar-refractivity contribution >= 4 is 34.1 Å². The predicted molar refractivity (Wildman–Crippen MR) is 124 cm³/mol. The van der Waals surface area contributed by atoms with E-state index in [0.29, 0.717) is 41.9 Å². The lowest BCUT2D eigenvalue weighted by atomic mass is 9.97. The summed E-state index contributed by atoms with van der Waals surface area (Å²) in [6.07, 6.45) is 1.92. The van der Waals surface area contributed by atoms with Crippen molar-refractivity contribution in [1.82, 2.24) is 15.3 Å². The Labute approximate surface area is 189 Å². The molecule has 3 aromatic rings. The number of fused-ring (bicyclic) bond motifs is 2. The van der Waals surface area contributed by atoms with Crippen LogP contribution >= 0.6 is 0 Å². The lowest BCUT2D eigenvalue weighted by molar-refractivity contribution is 0.197. The van der Waals surface area contributed by atoms with Gasteiger partial charge in [0.15, 0.2) is 5.82 Å². The fraction of sp³-hybridized carbons (Fsp3) is 0.348. The molecule has 0 bridgehead atoms. The highest BCUT2D eigenvalue weighted by atomic mass is 19.1. The lowest BCUT2D eigenvalue weighted by Gasteiger charge is -2.28. The molecular formula is C23H25FN6O3. The number of hydrogen-bond donors (Lipinski definition) is 4. The zero-order chi connectivity index (χ0) is 23.3. The van der Waals surface area contributed by atoms with Gasteiger partial charge in [-0.3, -0.25) is 4.90 Å². The smallest absolute Gasteiger partial charge is 0.413 e. The second-order valence-electron chi connectivity index (χ2n) is 8.52. The number of benzene rings is 1. The molecule has 33 heavy (non-hydrogen) atoms. The maximum Gasteiger partial charge on any atom is 0.413 e. The number of pyridine rings is 2. The second kappa shape index (κ2) is 8.04. The topological polar surface area (TPSA) is 126 Å². The maximum atomic E-state index is 15.4. The molecule has 0 radical (unpaired) electrons. The molecule has 2 aliphatic rings. The van der Waals surface area contributed by atoms with Crippen LogP contribution in [-0.2, 0) is 0 Å². The average Bonchev–Trinajstić information content (AvgIpc) is 3.22. The molecular weight excluding hydrogens is 427 g/mol. The highest BCUT2D eigenvalue weighted by Gasteiger charge is 2.34. The molecule has 1 fully saturated rings. The largest absolute Gasteiger partial charge is 0.474 e. The lowest BCUT2D eigenvalue weighted by Crippen LogP contribution is -2.44. The SMILES string of the molecule is Cc1c(-c2cc3cc(N(C(=O)O)C4CNCC4C)ncc3c(N)c2F)cnc2c1NCCO2. The van der Waals surface area contributed by atoms with Gasteiger partial charge in [-0.15, -0.1) is 0 Å². The quantitative estimate of drug-likeness (QED) is 0.447. The third kappa shape index (κ3) is 3.46. The van der Waals surface area contributed by atoms with Gasteiger partial charge in [0.2, 0.25) is 5.88 Å². The molecule has 9 nitrogen and oxygen atoms in total. The van der Waals surface area contributed by atoms with Crippen LogP contribution in [0.5, 0.6) is 5.88 Å². The summed E-state index contributed by atoms with van der Waals surface area (Å²) in [5, 5.41) is 17.4. The molecule has 0 spiro atoms. The minimum atomic E-state index is -1.08. The van der Waals surface area contributed by atoms with E-state index >= 15 is 4.39 Å². The van der Waals surface area contributed by atoms with E-state index < -0.39 is 11.9 Å². The van der Waals surface area contributed by atoms with E-state index in [2.05, 4.69) is 20.6 Å². The minimum Gasteiger partial charge on any atom is -0.474 e. The first-order valence-corrected chi connectivity index (χ1v) is 10.8. The number of halogens is 1. The molecule has 2 aromatic heterocycles. The number of anilines is 3. The summed E-state index contributed by atoms with van der Waals surface area (Å²) in [5.74, 6) is 0.330. The number of ether oxygens (including phenoxy) is 1. The zero-order valence-corrected chi connectivity index (χ0v) is 18.4. The van der Waals surface area contributed by atoms with Gasteiger partial charge in [-0.2, -0.15) is 0 Å². The molecule has 2 unspecified atom stereocenters. The summed E-state index contributed by atoms with van der Waals surface area (Å²) in [5.41, 5.74) is 8.51. The van der Waals surface area contributed by atoms with Gasteiger partial charge < -0.3 is 26.2 Å². The Morgan fingerprint density at radius 2 is 2.09 bits per heavy atom. The molecule has 4 heterocycles. The summed E-state index contributed by atoms with van der Waals surface area (Å²) in [6.45, 7) is 6.29. The molecule has 172 valence electrons. The van der Waals surface area contributed by atoms with E-state index in [0.717, 1.165) is 17.8 Å². The van der Waals surface area contributed by atoms with E-state index in [-0.39, 0.29) is 29.0 Å². The van der Waals surface area contributed by atoms with Gasteiger partial charge in [-0.25, -0.2) is 19.2 Å². The van der Waals surface area contributed by atoms with E-state index in [9.17, 15) is 9.90 Å². The van der Waals surface area contributed by atoms with Crippen molar-refractivity contribution in [3.05, 3.63) is 35.9 Å². The first-order chi connectivity index (χ1) is 15.9. The second-order valence-corrected chi connectivity index (χ2v) is 8.52. The Hall–Kier alpha value is -3.66. The van der Waals surface area contributed by atoms with Crippen molar-refractivity contribution in [3.8, 4) is 17.0 Å². The number of hydrogen-bond acceptors (Lipinski definition) is 7. The van der Waals surface area contributed by atoms with Crippen molar-refractivity contribution in [2.24, 2.45) is 5.92 Å². The summed E-state index contributed by atoms with van der Waals surface area (Å²) in [7, 11) is 0. The zero-order valence-electron chi connectivity index (χ0n) is 18.4. The molecule has 2 aliphatic heterocycles. The fourth-order valence-corrected chi connectivity index (χ4v) is 4.66. The standard InChI is InChI=1S/C23H25FN6O3/c1-11-7-26-10-17(11)30(23(31)32)18-6-13-5-14(19(24)20(25)16(13)9-28-18)15-8-29-22-21(12(15)2)27-3-4-33-22/h5-6,8-9,11,17,26-27H,3-4,7,10,25H2,1-2H3,(H,31,32). The summed E-state index contributed by atoms with van der Waals surface area (Å²) < 4.78 is 20.9. The van der Waals surface area contributed by atoms with Crippen LogP contribution in [0.15, 0.2) is 24.5 Å². The summed E-state index contributed by atoms with van der Waals surface area (Å²) in [4.78, 5) is 22.0. The number of carboxylic acid groups (broad SMARTS) is 1. The van der Waals surface area contributed by atoms with Crippen LogP contribution < -0.4 is 26.0 Å². The molecule has 1 aromatic carbocycles.